The molecule has 0 aliphatic rings. The van der Waals surface area contributed by atoms with E-state index in [-0.39, 0.29) is 35.0 Å². The molecule has 0 saturated carbocycles. The Morgan fingerprint density at radius 2 is 2.00 bits per heavy atom. The molecule has 0 spiro atoms. The lowest BCUT2D eigenvalue weighted by Gasteiger charge is -2.20. The van der Waals surface area contributed by atoms with Crippen LogP contribution in [0.4, 0.5) is 10.1 Å². The third kappa shape index (κ3) is 4.75. The number of carbonyl (C=O) groups excluding carboxylic acids is 1. The van der Waals surface area contributed by atoms with Crippen molar-refractivity contribution in [1.29, 1.82) is 0 Å². The number of hydrogen-bond donors (Lipinski definition) is 1. The van der Waals surface area contributed by atoms with Gasteiger partial charge in [-0.05, 0) is 30.3 Å². The zero-order chi connectivity index (χ0) is 24.5. The summed E-state index contributed by atoms with van der Waals surface area (Å²) in [5.41, 5.74) is 1.29. The van der Waals surface area contributed by atoms with Crippen molar-refractivity contribution >= 4 is 43.9 Å². The molecular formula is C23H22FN3O5S2. The largest absolute Gasteiger partial charge is 0.491 e. The molecule has 0 saturated heterocycles. The van der Waals surface area contributed by atoms with Gasteiger partial charge < -0.3 is 14.5 Å². The summed E-state index contributed by atoms with van der Waals surface area (Å²) in [5, 5.41) is 5.78. The van der Waals surface area contributed by atoms with Crippen LogP contribution in [0.1, 0.15) is 15.4 Å². The van der Waals surface area contributed by atoms with Gasteiger partial charge in [0.15, 0.2) is 0 Å². The van der Waals surface area contributed by atoms with Crippen LogP contribution in [-0.2, 0) is 16.4 Å². The van der Waals surface area contributed by atoms with Crippen molar-refractivity contribution < 1.29 is 26.8 Å². The van der Waals surface area contributed by atoms with Crippen molar-refractivity contribution in [2.75, 3.05) is 31.3 Å². The van der Waals surface area contributed by atoms with Crippen LogP contribution in [0.5, 0.6) is 5.75 Å². The topological polar surface area (TPSA) is 102 Å². The zero-order valence-electron chi connectivity index (χ0n) is 18.7. The van der Waals surface area contributed by atoms with E-state index in [1.54, 1.807) is 12.3 Å². The molecule has 11 heteroatoms. The number of ether oxygens (including phenoxy) is 1. The summed E-state index contributed by atoms with van der Waals surface area (Å²) in [6.07, 6.45) is 3.32. The summed E-state index contributed by atoms with van der Waals surface area (Å²) in [6, 6.07) is 8.67. The standard InChI is InChI=1S/C23H22FN3O5S2/c1-25-23(28)21-16-12-19(31-10-8-20-26-9-11-33-20)17(27(2)34(3,29)30)13-18(16)32-22(21)14-4-6-15(24)7-5-14/h4-7,9,11-13H,8,10H2,1-3H3,(H,25,28). The average Bonchev–Trinajstić information content (AvgIpc) is 3.45. The van der Waals surface area contributed by atoms with E-state index in [1.807, 2.05) is 5.38 Å². The van der Waals surface area contributed by atoms with Gasteiger partial charge in [-0.2, -0.15) is 0 Å². The van der Waals surface area contributed by atoms with E-state index in [4.69, 9.17) is 9.15 Å². The van der Waals surface area contributed by atoms with Crippen LogP contribution in [0.25, 0.3) is 22.3 Å². The van der Waals surface area contributed by atoms with Gasteiger partial charge in [-0.15, -0.1) is 11.3 Å². The second-order valence-electron chi connectivity index (χ2n) is 7.46. The zero-order valence-corrected chi connectivity index (χ0v) is 20.3. The van der Waals surface area contributed by atoms with Crippen molar-refractivity contribution in [3.63, 3.8) is 0 Å². The Hall–Kier alpha value is -3.44. The molecule has 2 aromatic carbocycles. The molecule has 4 rings (SSSR count). The number of anilines is 1. The normalized spacial score (nSPS) is 11.5. The lowest BCUT2D eigenvalue weighted by atomic mass is 10.0. The number of fused-ring (bicyclic) bond motifs is 1. The summed E-state index contributed by atoms with van der Waals surface area (Å²) in [6.45, 7) is 0.252. The number of nitrogens with one attached hydrogen (secondary N) is 1. The number of benzene rings is 2. The predicted octanol–water partition coefficient (Wildman–Crippen LogP) is 4.07. The second kappa shape index (κ2) is 9.43. The smallest absolute Gasteiger partial charge is 0.255 e. The van der Waals surface area contributed by atoms with E-state index in [2.05, 4.69) is 10.3 Å². The first-order valence-corrected chi connectivity index (χ1v) is 13.0. The van der Waals surface area contributed by atoms with E-state index in [1.165, 1.54) is 55.8 Å². The number of carbonyl (C=O) groups is 1. The van der Waals surface area contributed by atoms with E-state index in [0.29, 0.717) is 17.4 Å². The molecule has 0 radical (unpaired) electrons. The number of halogens is 1. The summed E-state index contributed by atoms with van der Waals surface area (Å²) in [5.74, 6) is -0.318. The third-order valence-electron chi connectivity index (χ3n) is 5.22. The lowest BCUT2D eigenvalue weighted by Crippen LogP contribution is -2.25. The molecule has 178 valence electrons. The van der Waals surface area contributed by atoms with Gasteiger partial charge in [0.1, 0.15) is 22.9 Å². The molecule has 1 amide bonds. The Bertz CT molecular complexity index is 1430. The van der Waals surface area contributed by atoms with Crippen LogP contribution in [0.15, 0.2) is 52.4 Å². The SMILES string of the molecule is CNC(=O)c1c(-c2ccc(F)cc2)oc2cc(N(C)S(C)(=O)=O)c(OCCc3nccs3)cc12. The first kappa shape index (κ1) is 23.7. The summed E-state index contributed by atoms with van der Waals surface area (Å²) < 4.78 is 51.1. The van der Waals surface area contributed by atoms with Crippen LogP contribution < -0.4 is 14.4 Å². The van der Waals surface area contributed by atoms with Gasteiger partial charge in [0.25, 0.3) is 5.91 Å². The Labute approximate surface area is 200 Å². The summed E-state index contributed by atoms with van der Waals surface area (Å²) in [7, 11) is -0.713. The predicted molar refractivity (Wildman–Crippen MR) is 130 cm³/mol. The summed E-state index contributed by atoms with van der Waals surface area (Å²) in [4.78, 5) is 17.0. The highest BCUT2D eigenvalue weighted by Gasteiger charge is 2.26. The van der Waals surface area contributed by atoms with Gasteiger partial charge >= 0.3 is 0 Å². The van der Waals surface area contributed by atoms with E-state index < -0.39 is 21.7 Å². The quantitative estimate of drug-likeness (QED) is 0.389. The first-order valence-electron chi connectivity index (χ1n) is 10.2. The van der Waals surface area contributed by atoms with E-state index in [0.717, 1.165) is 15.6 Å². The van der Waals surface area contributed by atoms with Crippen molar-refractivity contribution in [2.24, 2.45) is 0 Å². The number of thiazole rings is 1. The van der Waals surface area contributed by atoms with Gasteiger partial charge in [-0.3, -0.25) is 9.10 Å². The monoisotopic (exact) mass is 503 g/mol. The number of sulfonamides is 1. The van der Waals surface area contributed by atoms with Gasteiger partial charge in [-0.25, -0.2) is 17.8 Å². The highest BCUT2D eigenvalue weighted by Crippen LogP contribution is 2.40. The first-order chi connectivity index (χ1) is 16.2. The minimum Gasteiger partial charge on any atom is -0.491 e. The molecular weight excluding hydrogens is 481 g/mol. The van der Waals surface area contributed by atoms with Crippen molar-refractivity contribution in [3.05, 3.63) is 64.4 Å². The minimum absolute atomic E-state index is 0.238. The molecule has 34 heavy (non-hydrogen) atoms. The number of aromatic nitrogens is 1. The summed E-state index contributed by atoms with van der Waals surface area (Å²) >= 11 is 1.49. The Kier molecular flexibility index (Phi) is 6.58. The Morgan fingerprint density at radius 1 is 1.26 bits per heavy atom. The maximum atomic E-state index is 13.5. The number of nitrogens with zero attached hydrogens (tertiary/aromatic N) is 2. The molecule has 0 bridgehead atoms. The number of hydrogen-bond acceptors (Lipinski definition) is 7. The average molecular weight is 504 g/mol. The maximum Gasteiger partial charge on any atom is 0.255 e. The molecule has 8 nitrogen and oxygen atoms in total. The molecule has 1 N–H and O–H groups in total. The number of furan rings is 1. The van der Waals surface area contributed by atoms with Crippen LogP contribution in [-0.4, -0.2) is 46.3 Å². The fourth-order valence-corrected chi connectivity index (χ4v) is 4.53. The molecule has 0 fully saturated rings. The molecule has 2 heterocycles. The van der Waals surface area contributed by atoms with Gasteiger partial charge in [0.05, 0.1) is 29.1 Å². The van der Waals surface area contributed by atoms with Crippen LogP contribution >= 0.6 is 11.3 Å². The molecule has 0 atom stereocenters. The molecule has 2 aromatic heterocycles. The molecule has 0 unspecified atom stereocenters. The van der Waals surface area contributed by atoms with Crippen molar-refractivity contribution in [3.8, 4) is 17.1 Å². The minimum atomic E-state index is -3.62. The van der Waals surface area contributed by atoms with Gasteiger partial charge in [0, 0.05) is 49.1 Å². The van der Waals surface area contributed by atoms with Crippen LogP contribution in [0.2, 0.25) is 0 Å². The maximum absolute atomic E-state index is 13.5. The van der Waals surface area contributed by atoms with Crippen LogP contribution in [0, 0.1) is 5.82 Å². The highest BCUT2D eigenvalue weighted by atomic mass is 32.2. The van der Waals surface area contributed by atoms with E-state index >= 15 is 0 Å². The fourth-order valence-electron chi connectivity index (χ4n) is 3.43. The molecule has 0 aliphatic heterocycles. The van der Waals surface area contributed by atoms with Gasteiger partial charge in [0.2, 0.25) is 10.0 Å². The Balaban J connectivity index is 1.86. The third-order valence-corrected chi connectivity index (χ3v) is 7.25. The van der Waals surface area contributed by atoms with Crippen molar-refractivity contribution in [2.45, 2.75) is 6.42 Å². The van der Waals surface area contributed by atoms with Crippen molar-refractivity contribution in [1.82, 2.24) is 10.3 Å². The van der Waals surface area contributed by atoms with E-state index in [9.17, 15) is 17.6 Å². The fraction of sp³-hybridized carbons (Fsp3) is 0.217. The second-order valence-corrected chi connectivity index (χ2v) is 10.5. The Morgan fingerprint density at radius 3 is 2.62 bits per heavy atom. The number of rotatable bonds is 8. The number of amides is 1. The van der Waals surface area contributed by atoms with Crippen LogP contribution in [0.3, 0.4) is 0 Å². The molecule has 0 aliphatic carbocycles. The molecule has 4 aromatic rings. The van der Waals surface area contributed by atoms with Gasteiger partial charge in [-0.1, -0.05) is 0 Å². The lowest BCUT2D eigenvalue weighted by molar-refractivity contribution is 0.0964. The highest BCUT2D eigenvalue weighted by molar-refractivity contribution is 7.92.